The van der Waals surface area contributed by atoms with Crippen LogP contribution in [-0.4, -0.2) is 16.5 Å². The number of hydrogen-bond acceptors (Lipinski definition) is 4. The van der Waals surface area contributed by atoms with Crippen LogP contribution in [0.2, 0.25) is 0 Å². The summed E-state index contributed by atoms with van der Waals surface area (Å²) in [6.45, 7) is 0.428. The van der Waals surface area contributed by atoms with Gasteiger partial charge in [0, 0.05) is 6.20 Å². The number of imidazole rings is 1. The lowest BCUT2D eigenvalue weighted by Crippen LogP contribution is -2.00. The third-order valence-electron chi connectivity index (χ3n) is 3.09. The Morgan fingerprint density at radius 2 is 1.90 bits per heavy atom. The van der Waals surface area contributed by atoms with Gasteiger partial charge in [0.2, 0.25) is 0 Å². The summed E-state index contributed by atoms with van der Waals surface area (Å²) in [6.07, 6.45) is 3.70. The molecule has 3 rings (SSSR count). The highest BCUT2D eigenvalue weighted by molar-refractivity contribution is 5.64. The van der Waals surface area contributed by atoms with E-state index in [-0.39, 0.29) is 0 Å². The number of pyridine rings is 1. The molecule has 0 aliphatic rings. The molecular weight excluding hydrogens is 254 g/mol. The Labute approximate surface area is 116 Å². The largest absolute Gasteiger partial charge is 0.497 e. The van der Waals surface area contributed by atoms with E-state index in [1.807, 2.05) is 47.0 Å². The molecular formula is C15H15N3O2. The van der Waals surface area contributed by atoms with Crippen molar-refractivity contribution in [1.29, 1.82) is 0 Å². The van der Waals surface area contributed by atoms with E-state index >= 15 is 0 Å². The number of aromatic nitrogens is 2. The Balaban J connectivity index is 1.78. The molecule has 5 heteroatoms. The Bertz CT molecular complexity index is 720. The van der Waals surface area contributed by atoms with Gasteiger partial charge < -0.3 is 15.2 Å². The SMILES string of the molecule is COc1ccc(OCc2cnc3c(N)cccn23)cc1. The van der Waals surface area contributed by atoms with E-state index in [0.29, 0.717) is 12.3 Å². The van der Waals surface area contributed by atoms with Crippen molar-refractivity contribution < 1.29 is 9.47 Å². The first kappa shape index (κ1) is 12.3. The van der Waals surface area contributed by atoms with Crippen LogP contribution in [0.3, 0.4) is 0 Å². The molecule has 0 saturated carbocycles. The summed E-state index contributed by atoms with van der Waals surface area (Å²) in [5, 5.41) is 0. The molecule has 2 heterocycles. The first-order valence-electron chi connectivity index (χ1n) is 6.25. The van der Waals surface area contributed by atoms with Crippen molar-refractivity contribution in [3.8, 4) is 11.5 Å². The number of nitrogen functional groups attached to an aromatic ring is 1. The second-order valence-corrected chi connectivity index (χ2v) is 4.37. The molecule has 0 amide bonds. The maximum atomic E-state index is 5.87. The van der Waals surface area contributed by atoms with E-state index in [9.17, 15) is 0 Å². The first-order valence-corrected chi connectivity index (χ1v) is 6.25. The summed E-state index contributed by atoms with van der Waals surface area (Å²) < 4.78 is 12.8. The third kappa shape index (κ3) is 2.25. The number of anilines is 1. The molecule has 0 radical (unpaired) electrons. The van der Waals surface area contributed by atoms with Gasteiger partial charge in [0.1, 0.15) is 18.1 Å². The summed E-state index contributed by atoms with van der Waals surface area (Å²) >= 11 is 0. The van der Waals surface area contributed by atoms with E-state index in [1.165, 1.54) is 0 Å². The van der Waals surface area contributed by atoms with Gasteiger partial charge in [-0.3, -0.25) is 4.40 Å². The van der Waals surface area contributed by atoms with E-state index in [0.717, 1.165) is 22.8 Å². The van der Waals surface area contributed by atoms with Crippen molar-refractivity contribution in [3.63, 3.8) is 0 Å². The van der Waals surface area contributed by atoms with Gasteiger partial charge in [0.15, 0.2) is 5.65 Å². The standard InChI is InChI=1S/C15H15N3O2/c1-19-12-4-6-13(7-5-12)20-10-11-9-17-15-14(16)3-2-8-18(11)15/h2-9H,10,16H2,1H3. The van der Waals surface area contributed by atoms with Gasteiger partial charge in [-0.1, -0.05) is 0 Å². The minimum absolute atomic E-state index is 0.428. The molecule has 0 unspecified atom stereocenters. The third-order valence-corrected chi connectivity index (χ3v) is 3.09. The second-order valence-electron chi connectivity index (χ2n) is 4.37. The molecule has 0 aliphatic carbocycles. The molecule has 5 nitrogen and oxygen atoms in total. The van der Waals surface area contributed by atoms with Crippen LogP contribution in [0.4, 0.5) is 5.69 Å². The molecule has 2 aromatic heterocycles. The molecule has 0 saturated heterocycles. The van der Waals surface area contributed by atoms with E-state index in [4.69, 9.17) is 15.2 Å². The number of methoxy groups -OCH3 is 1. The zero-order valence-corrected chi connectivity index (χ0v) is 11.1. The highest BCUT2D eigenvalue weighted by atomic mass is 16.5. The number of hydrogen-bond donors (Lipinski definition) is 1. The van der Waals surface area contributed by atoms with Gasteiger partial charge in [0.25, 0.3) is 0 Å². The molecule has 0 atom stereocenters. The van der Waals surface area contributed by atoms with E-state index in [1.54, 1.807) is 13.3 Å². The summed E-state index contributed by atoms with van der Waals surface area (Å²) in [5.41, 5.74) is 8.22. The van der Waals surface area contributed by atoms with E-state index in [2.05, 4.69) is 4.98 Å². The first-order chi connectivity index (χ1) is 9.78. The zero-order valence-electron chi connectivity index (χ0n) is 11.1. The minimum Gasteiger partial charge on any atom is -0.497 e. The summed E-state index contributed by atoms with van der Waals surface area (Å²) in [7, 11) is 1.64. The van der Waals surface area contributed by atoms with Crippen LogP contribution >= 0.6 is 0 Å². The topological polar surface area (TPSA) is 61.8 Å². The normalized spacial score (nSPS) is 10.7. The molecule has 1 aromatic carbocycles. The molecule has 2 N–H and O–H groups in total. The lowest BCUT2D eigenvalue weighted by Gasteiger charge is -2.07. The lowest BCUT2D eigenvalue weighted by molar-refractivity contribution is 0.299. The summed E-state index contributed by atoms with van der Waals surface area (Å²) in [5.74, 6) is 1.59. The Kier molecular flexibility index (Phi) is 3.16. The van der Waals surface area contributed by atoms with Crippen LogP contribution in [0.25, 0.3) is 5.65 Å². The fourth-order valence-electron chi connectivity index (χ4n) is 2.02. The van der Waals surface area contributed by atoms with Crippen molar-refractivity contribution in [2.45, 2.75) is 6.61 Å². The van der Waals surface area contributed by atoms with Crippen molar-refractivity contribution in [2.75, 3.05) is 12.8 Å². The summed E-state index contributed by atoms with van der Waals surface area (Å²) in [4.78, 5) is 4.30. The number of ether oxygens (including phenoxy) is 2. The quantitative estimate of drug-likeness (QED) is 0.790. The monoisotopic (exact) mass is 269 g/mol. The predicted octanol–water partition coefficient (Wildman–Crippen LogP) is 2.50. The average Bonchev–Trinajstić information content (AvgIpc) is 2.90. The van der Waals surface area contributed by atoms with Crippen LogP contribution in [0.5, 0.6) is 11.5 Å². The number of nitrogens with two attached hydrogens (primary N) is 1. The molecule has 0 aliphatic heterocycles. The van der Waals surface area contributed by atoms with Gasteiger partial charge in [-0.05, 0) is 36.4 Å². The van der Waals surface area contributed by atoms with Gasteiger partial charge in [0.05, 0.1) is 24.7 Å². The maximum Gasteiger partial charge on any atom is 0.160 e. The molecule has 0 fully saturated rings. The highest BCUT2D eigenvalue weighted by Gasteiger charge is 2.06. The van der Waals surface area contributed by atoms with E-state index < -0.39 is 0 Å². The van der Waals surface area contributed by atoms with Crippen LogP contribution in [0, 0.1) is 0 Å². The minimum atomic E-state index is 0.428. The maximum absolute atomic E-state index is 5.87. The fourth-order valence-corrected chi connectivity index (χ4v) is 2.02. The van der Waals surface area contributed by atoms with Crippen LogP contribution in [0.15, 0.2) is 48.8 Å². The molecule has 0 bridgehead atoms. The zero-order chi connectivity index (χ0) is 13.9. The fraction of sp³-hybridized carbons (Fsp3) is 0.133. The molecule has 0 spiro atoms. The Morgan fingerprint density at radius 1 is 1.15 bits per heavy atom. The Hall–Kier alpha value is -2.69. The van der Waals surface area contributed by atoms with Gasteiger partial charge in [-0.25, -0.2) is 4.98 Å². The number of nitrogens with zero attached hydrogens (tertiary/aromatic N) is 2. The second kappa shape index (κ2) is 5.13. The number of fused-ring (bicyclic) bond motifs is 1. The van der Waals surface area contributed by atoms with Crippen LogP contribution in [0.1, 0.15) is 5.69 Å². The molecule has 102 valence electrons. The van der Waals surface area contributed by atoms with Crippen molar-refractivity contribution >= 4 is 11.3 Å². The van der Waals surface area contributed by atoms with Gasteiger partial charge in [-0.2, -0.15) is 0 Å². The average molecular weight is 269 g/mol. The Morgan fingerprint density at radius 3 is 2.65 bits per heavy atom. The molecule has 20 heavy (non-hydrogen) atoms. The number of rotatable bonds is 4. The van der Waals surface area contributed by atoms with Crippen molar-refractivity contribution in [3.05, 3.63) is 54.5 Å². The smallest absolute Gasteiger partial charge is 0.160 e. The highest BCUT2D eigenvalue weighted by Crippen LogP contribution is 2.19. The molecule has 3 aromatic rings. The van der Waals surface area contributed by atoms with Gasteiger partial charge >= 0.3 is 0 Å². The van der Waals surface area contributed by atoms with Crippen LogP contribution in [-0.2, 0) is 6.61 Å². The van der Waals surface area contributed by atoms with Crippen molar-refractivity contribution in [2.24, 2.45) is 0 Å². The lowest BCUT2D eigenvalue weighted by atomic mass is 10.3. The van der Waals surface area contributed by atoms with Crippen LogP contribution < -0.4 is 15.2 Å². The van der Waals surface area contributed by atoms with Gasteiger partial charge in [-0.15, -0.1) is 0 Å². The summed E-state index contributed by atoms with van der Waals surface area (Å²) in [6, 6.07) is 11.2. The predicted molar refractivity (Wildman–Crippen MR) is 76.9 cm³/mol. The number of benzene rings is 1. The van der Waals surface area contributed by atoms with Crippen molar-refractivity contribution in [1.82, 2.24) is 9.38 Å².